The van der Waals surface area contributed by atoms with Crippen molar-refractivity contribution in [2.45, 2.75) is 38.3 Å². The minimum atomic E-state index is -4.02. The number of carbonyl (C=O) groups excluding carboxylic acids is 1. The largest absolute Gasteiger partial charge is 0.488 e. The molecular formula is C33H31N3O7S. The van der Waals surface area contributed by atoms with Crippen LogP contribution in [0.15, 0.2) is 101 Å². The number of hydrogen-bond donors (Lipinski definition) is 3. The number of carboxylic acids is 1. The predicted octanol–water partition coefficient (Wildman–Crippen LogP) is 6.02. The van der Waals surface area contributed by atoms with Gasteiger partial charge in [0.25, 0.3) is 5.91 Å². The number of carbonyl (C=O) groups is 2. The van der Waals surface area contributed by atoms with Gasteiger partial charge in [-0.3, -0.25) is 14.6 Å². The first-order valence-electron chi connectivity index (χ1n) is 13.8. The summed E-state index contributed by atoms with van der Waals surface area (Å²) in [6.45, 7) is 5.42. The fraction of sp³-hybridized carbons (Fsp3) is 0.182. The maximum atomic E-state index is 13.2. The van der Waals surface area contributed by atoms with Crippen LogP contribution < -0.4 is 14.8 Å². The highest BCUT2D eigenvalue weighted by atomic mass is 32.2. The zero-order valence-electron chi connectivity index (χ0n) is 24.3. The molecule has 0 fully saturated rings. The highest BCUT2D eigenvalue weighted by Crippen LogP contribution is 2.34. The van der Waals surface area contributed by atoms with Crippen LogP contribution in [-0.4, -0.2) is 36.4 Å². The van der Waals surface area contributed by atoms with Crippen LogP contribution in [0.1, 0.15) is 35.5 Å². The van der Waals surface area contributed by atoms with Gasteiger partial charge in [0.15, 0.2) is 5.76 Å². The van der Waals surface area contributed by atoms with Gasteiger partial charge in [0.05, 0.1) is 10.3 Å². The summed E-state index contributed by atoms with van der Waals surface area (Å²) in [5.41, 5.74) is 4.25. The van der Waals surface area contributed by atoms with Gasteiger partial charge >= 0.3 is 5.97 Å². The number of pyridine rings is 1. The lowest BCUT2D eigenvalue weighted by molar-refractivity contribution is -0.140. The first kappa shape index (κ1) is 30.5. The molecule has 0 aliphatic rings. The molecule has 0 aliphatic heterocycles. The maximum absolute atomic E-state index is 13.2. The SMILES string of the molecule is Cc1c(C(=O)Nc2ccc(-c3ccc(S(=O)(=O)N[C@H](C(=O)O)C(C)C)cc3)cc2)oc2cccc(OCc3ccncc3)c12. The monoisotopic (exact) mass is 613 g/mol. The zero-order chi connectivity index (χ0) is 31.4. The van der Waals surface area contributed by atoms with Crippen LogP contribution in [0.25, 0.3) is 22.1 Å². The smallest absolute Gasteiger partial charge is 0.322 e. The third-order valence-electron chi connectivity index (χ3n) is 7.12. The molecule has 0 saturated carbocycles. The first-order chi connectivity index (χ1) is 21.0. The predicted molar refractivity (Wildman–Crippen MR) is 166 cm³/mol. The Labute approximate surface area is 254 Å². The van der Waals surface area contributed by atoms with Crippen LogP contribution in [0.5, 0.6) is 5.75 Å². The Bertz CT molecular complexity index is 1900. The number of sulfonamides is 1. The standard InChI is InChI=1S/C33H31N3O7S/c1-20(2)30(33(38)39)36-44(40,41)26-13-9-24(10-14-26)23-7-11-25(12-8-23)35-32(37)31-21(3)29-27(5-4-6-28(29)43-31)42-19-22-15-17-34-18-16-22/h4-18,20,30,36H,19H2,1-3H3,(H,35,37)(H,38,39)/t30-/m0/s1. The number of benzene rings is 3. The van der Waals surface area contributed by atoms with Crippen molar-refractivity contribution < 1.29 is 32.3 Å². The lowest BCUT2D eigenvalue weighted by Gasteiger charge is -2.18. The fourth-order valence-electron chi connectivity index (χ4n) is 4.71. The van der Waals surface area contributed by atoms with Gasteiger partial charge in [-0.1, -0.05) is 44.2 Å². The summed E-state index contributed by atoms with van der Waals surface area (Å²) < 4.78 is 39.7. The van der Waals surface area contributed by atoms with Gasteiger partial charge in [0.1, 0.15) is 24.0 Å². The molecule has 3 aromatic carbocycles. The minimum Gasteiger partial charge on any atom is -0.488 e. The van der Waals surface area contributed by atoms with Crippen molar-refractivity contribution >= 4 is 38.6 Å². The fourth-order valence-corrected chi connectivity index (χ4v) is 6.05. The van der Waals surface area contributed by atoms with E-state index in [2.05, 4.69) is 15.0 Å². The van der Waals surface area contributed by atoms with E-state index in [1.54, 1.807) is 68.7 Å². The number of hydrogen-bond acceptors (Lipinski definition) is 7. The Balaban J connectivity index is 1.28. The Morgan fingerprint density at radius 1 is 0.932 bits per heavy atom. The highest BCUT2D eigenvalue weighted by molar-refractivity contribution is 7.89. The number of aryl methyl sites for hydroxylation is 1. The normalized spacial score (nSPS) is 12.3. The Morgan fingerprint density at radius 3 is 2.18 bits per heavy atom. The van der Waals surface area contributed by atoms with Crippen LogP contribution in [0.3, 0.4) is 0 Å². The molecule has 0 bridgehead atoms. The van der Waals surface area contributed by atoms with Crippen molar-refractivity contribution in [3.8, 4) is 16.9 Å². The molecule has 5 aromatic rings. The summed E-state index contributed by atoms with van der Waals surface area (Å²) in [5.74, 6) is -1.28. The molecule has 2 aromatic heterocycles. The van der Waals surface area contributed by atoms with Gasteiger partial charge in [-0.05, 0) is 78.1 Å². The molecule has 0 unspecified atom stereocenters. The number of fused-ring (bicyclic) bond motifs is 1. The van der Waals surface area contributed by atoms with Crippen molar-refractivity contribution in [3.05, 3.63) is 108 Å². The van der Waals surface area contributed by atoms with Crippen molar-refractivity contribution in [3.63, 3.8) is 0 Å². The van der Waals surface area contributed by atoms with E-state index in [4.69, 9.17) is 9.15 Å². The lowest BCUT2D eigenvalue weighted by Crippen LogP contribution is -2.44. The van der Waals surface area contributed by atoms with Gasteiger partial charge < -0.3 is 19.6 Å². The van der Waals surface area contributed by atoms with Crippen LogP contribution in [0.2, 0.25) is 0 Å². The molecule has 226 valence electrons. The highest BCUT2D eigenvalue weighted by Gasteiger charge is 2.28. The summed E-state index contributed by atoms with van der Waals surface area (Å²) in [7, 11) is -4.02. The number of amides is 1. The number of nitrogens with zero attached hydrogens (tertiary/aromatic N) is 1. The second-order valence-electron chi connectivity index (χ2n) is 10.6. The Morgan fingerprint density at radius 2 is 1.57 bits per heavy atom. The Hall–Kier alpha value is -5.00. The van der Waals surface area contributed by atoms with E-state index >= 15 is 0 Å². The number of carboxylic acid groups (broad SMARTS) is 1. The van der Waals surface area contributed by atoms with Crippen molar-refractivity contribution in [1.82, 2.24) is 9.71 Å². The molecule has 10 nitrogen and oxygen atoms in total. The number of furan rings is 1. The van der Waals surface area contributed by atoms with Crippen LogP contribution >= 0.6 is 0 Å². The van der Waals surface area contributed by atoms with Gasteiger partial charge in [0, 0.05) is 23.6 Å². The molecular weight excluding hydrogens is 582 g/mol. The zero-order valence-corrected chi connectivity index (χ0v) is 25.1. The topological polar surface area (TPSA) is 148 Å². The number of aliphatic carboxylic acids is 1. The van der Waals surface area contributed by atoms with E-state index in [0.29, 0.717) is 29.2 Å². The number of rotatable bonds is 11. The molecule has 44 heavy (non-hydrogen) atoms. The second kappa shape index (κ2) is 12.7. The summed E-state index contributed by atoms with van der Waals surface area (Å²) in [6, 6.07) is 21.1. The molecule has 11 heteroatoms. The van der Waals surface area contributed by atoms with Gasteiger partial charge in [0.2, 0.25) is 10.0 Å². The molecule has 5 rings (SSSR count). The molecule has 0 radical (unpaired) electrons. The molecule has 0 aliphatic carbocycles. The van der Waals surface area contributed by atoms with Crippen molar-refractivity contribution in [2.24, 2.45) is 5.92 Å². The third kappa shape index (κ3) is 6.64. The second-order valence-corrected chi connectivity index (χ2v) is 12.3. The number of anilines is 1. The first-order valence-corrected chi connectivity index (χ1v) is 15.3. The summed E-state index contributed by atoms with van der Waals surface area (Å²) in [6.07, 6.45) is 3.40. The maximum Gasteiger partial charge on any atom is 0.322 e. The Kier molecular flexibility index (Phi) is 8.79. The van der Waals surface area contributed by atoms with Crippen LogP contribution in [-0.2, 0) is 21.4 Å². The average Bonchev–Trinajstić information content (AvgIpc) is 3.36. The van der Waals surface area contributed by atoms with E-state index in [9.17, 15) is 23.1 Å². The van der Waals surface area contributed by atoms with Crippen LogP contribution in [0.4, 0.5) is 5.69 Å². The van der Waals surface area contributed by atoms with E-state index in [1.807, 2.05) is 31.2 Å². The van der Waals surface area contributed by atoms with E-state index in [1.165, 1.54) is 12.1 Å². The molecule has 1 atom stereocenters. The minimum absolute atomic E-state index is 0.0378. The average molecular weight is 614 g/mol. The molecule has 1 amide bonds. The van der Waals surface area contributed by atoms with Gasteiger partial charge in [-0.15, -0.1) is 0 Å². The molecule has 0 saturated heterocycles. The number of nitrogens with one attached hydrogen (secondary N) is 2. The summed E-state index contributed by atoms with van der Waals surface area (Å²) >= 11 is 0. The molecule has 3 N–H and O–H groups in total. The van der Waals surface area contributed by atoms with Gasteiger partial charge in [-0.2, -0.15) is 4.72 Å². The third-order valence-corrected chi connectivity index (χ3v) is 8.58. The van der Waals surface area contributed by atoms with E-state index in [0.717, 1.165) is 22.1 Å². The summed E-state index contributed by atoms with van der Waals surface area (Å²) in [4.78, 5) is 28.6. The van der Waals surface area contributed by atoms with Gasteiger partial charge in [-0.25, -0.2) is 8.42 Å². The van der Waals surface area contributed by atoms with E-state index < -0.39 is 33.9 Å². The van der Waals surface area contributed by atoms with Crippen molar-refractivity contribution in [1.29, 1.82) is 0 Å². The molecule has 0 spiro atoms. The number of ether oxygens (including phenoxy) is 1. The number of aromatic nitrogens is 1. The van der Waals surface area contributed by atoms with E-state index in [-0.39, 0.29) is 10.7 Å². The lowest BCUT2D eigenvalue weighted by atomic mass is 10.1. The van der Waals surface area contributed by atoms with Crippen molar-refractivity contribution in [2.75, 3.05) is 5.32 Å². The van der Waals surface area contributed by atoms with Crippen LogP contribution in [0, 0.1) is 12.8 Å². The quantitative estimate of drug-likeness (QED) is 0.164. The summed E-state index contributed by atoms with van der Waals surface area (Å²) in [5, 5.41) is 12.9. The molecule has 2 heterocycles.